The van der Waals surface area contributed by atoms with E-state index < -0.39 is 0 Å². The summed E-state index contributed by atoms with van der Waals surface area (Å²) in [5, 5.41) is 9.18. The van der Waals surface area contributed by atoms with Gasteiger partial charge in [0.25, 0.3) is 0 Å². The second-order valence-electron chi connectivity index (χ2n) is 6.54. The van der Waals surface area contributed by atoms with Gasteiger partial charge < -0.3 is 16.0 Å². The van der Waals surface area contributed by atoms with E-state index in [1.807, 2.05) is 42.5 Å². The minimum Gasteiger partial charge on any atom is -0.335 e. The molecule has 1 aliphatic heterocycles. The first-order valence-corrected chi connectivity index (χ1v) is 9.37. The van der Waals surface area contributed by atoms with Crippen LogP contribution in [0, 0.1) is 0 Å². The van der Waals surface area contributed by atoms with Crippen molar-refractivity contribution >= 4 is 34.9 Å². The zero-order valence-electron chi connectivity index (χ0n) is 15.0. The zero-order chi connectivity index (χ0) is 19.1. The summed E-state index contributed by atoms with van der Waals surface area (Å²) in [5.74, 6) is -0.0867. The summed E-state index contributed by atoms with van der Waals surface area (Å²) in [6.07, 6.45) is 1.61. The molecule has 142 valence electrons. The van der Waals surface area contributed by atoms with Gasteiger partial charge in [-0.15, -0.1) is 0 Å². The number of likely N-dealkylation sites (tertiary alicyclic amines) is 1. The molecule has 2 aromatic rings. The van der Waals surface area contributed by atoms with E-state index in [1.165, 1.54) is 0 Å². The summed E-state index contributed by atoms with van der Waals surface area (Å²) in [4.78, 5) is 26.3. The van der Waals surface area contributed by atoms with Crippen LogP contribution in [-0.2, 0) is 4.79 Å². The highest BCUT2D eigenvalue weighted by Gasteiger charge is 2.22. The maximum atomic E-state index is 12.2. The van der Waals surface area contributed by atoms with Crippen molar-refractivity contribution in [3.63, 3.8) is 0 Å². The number of anilines is 2. The Kier molecular flexibility index (Phi) is 6.68. The van der Waals surface area contributed by atoms with Crippen LogP contribution in [0.5, 0.6) is 0 Å². The van der Waals surface area contributed by atoms with Crippen LogP contribution in [0.15, 0.2) is 54.6 Å². The quantitative estimate of drug-likeness (QED) is 0.735. The number of halogens is 1. The van der Waals surface area contributed by atoms with E-state index in [0.29, 0.717) is 17.3 Å². The molecular formula is C20H23ClN4O2. The van der Waals surface area contributed by atoms with Gasteiger partial charge in [-0.05, 0) is 37.1 Å². The van der Waals surface area contributed by atoms with E-state index in [1.54, 1.807) is 12.1 Å². The Balaban J connectivity index is 1.39. The molecule has 1 heterocycles. The molecule has 1 saturated heterocycles. The Hall–Kier alpha value is -2.57. The van der Waals surface area contributed by atoms with E-state index in [-0.39, 0.29) is 18.0 Å². The van der Waals surface area contributed by atoms with E-state index in [4.69, 9.17) is 11.6 Å². The Labute approximate surface area is 163 Å². The molecule has 3 amide bonds. The third-order valence-corrected chi connectivity index (χ3v) is 4.80. The van der Waals surface area contributed by atoms with Gasteiger partial charge in [0.15, 0.2) is 0 Å². The van der Waals surface area contributed by atoms with Crippen LogP contribution < -0.4 is 16.0 Å². The molecule has 1 fully saturated rings. The van der Waals surface area contributed by atoms with Crippen LogP contribution in [0.3, 0.4) is 0 Å². The molecule has 7 heteroatoms. The first-order chi connectivity index (χ1) is 13.1. The Morgan fingerprint density at radius 2 is 1.63 bits per heavy atom. The van der Waals surface area contributed by atoms with Gasteiger partial charge in [0, 0.05) is 24.8 Å². The molecule has 0 atom stereocenters. The smallest absolute Gasteiger partial charge is 0.319 e. The average Bonchev–Trinajstić information content (AvgIpc) is 2.66. The third-order valence-electron chi connectivity index (χ3n) is 4.47. The predicted octanol–water partition coefficient (Wildman–Crippen LogP) is 3.56. The lowest BCUT2D eigenvalue weighted by atomic mass is 10.1. The molecule has 2 aromatic carbocycles. The highest BCUT2D eigenvalue weighted by atomic mass is 35.5. The van der Waals surface area contributed by atoms with E-state index in [2.05, 4.69) is 20.9 Å². The number of amides is 3. The number of carbonyl (C=O) groups excluding carboxylic acids is 2. The van der Waals surface area contributed by atoms with Gasteiger partial charge in [0.05, 0.1) is 17.3 Å². The number of urea groups is 1. The van der Waals surface area contributed by atoms with Crippen LogP contribution >= 0.6 is 11.6 Å². The topological polar surface area (TPSA) is 73.5 Å². The van der Waals surface area contributed by atoms with E-state index in [0.717, 1.165) is 31.6 Å². The molecule has 3 N–H and O–H groups in total. The van der Waals surface area contributed by atoms with Gasteiger partial charge in [-0.2, -0.15) is 0 Å². The molecule has 3 rings (SSSR count). The van der Waals surface area contributed by atoms with Crippen molar-refractivity contribution in [2.75, 3.05) is 30.3 Å². The lowest BCUT2D eigenvalue weighted by molar-refractivity contribution is -0.117. The SMILES string of the molecule is O=C(CN1CCC(NC(=O)Nc2ccccc2)CC1)Nc1ccccc1Cl. The maximum absolute atomic E-state index is 12.2. The standard InChI is InChI=1S/C20H23ClN4O2/c21-17-8-4-5-9-18(17)24-19(26)14-25-12-10-16(11-13-25)23-20(27)22-15-6-2-1-3-7-15/h1-9,16H,10-14H2,(H,24,26)(H2,22,23,27). The van der Waals surface area contributed by atoms with E-state index in [9.17, 15) is 9.59 Å². The zero-order valence-corrected chi connectivity index (χ0v) is 15.7. The highest BCUT2D eigenvalue weighted by Crippen LogP contribution is 2.20. The maximum Gasteiger partial charge on any atom is 0.319 e. The summed E-state index contributed by atoms with van der Waals surface area (Å²) in [6, 6.07) is 16.4. The molecule has 0 spiro atoms. The highest BCUT2D eigenvalue weighted by molar-refractivity contribution is 6.33. The van der Waals surface area contributed by atoms with Crippen LogP contribution in [0.1, 0.15) is 12.8 Å². The molecular weight excluding hydrogens is 364 g/mol. The number of hydrogen-bond donors (Lipinski definition) is 3. The largest absolute Gasteiger partial charge is 0.335 e. The number of carbonyl (C=O) groups is 2. The minimum atomic E-state index is -0.198. The van der Waals surface area contributed by atoms with Crippen molar-refractivity contribution in [3.8, 4) is 0 Å². The summed E-state index contributed by atoms with van der Waals surface area (Å²) in [7, 11) is 0. The van der Waals surface area contributed by atoms with Crippen molar-refractivity contribution in [2.24, 2.45) is 0 Å². The van der Waals surface area contributed by atoms with Gasteiger partial charge in [0.1, 0.15) is 0 Å². The monoisotopic (exact) mass is 386 g/mol. The summed E-state index contributed by atoms with van der Waals surface area (Å²) in [5.41, 5.74) is 1.39. The Bertz CT molecular complexity index is 777. The molecule has 0 aromatic heterocycles. The van der Waals surface area contributed by atoms with Crippen molar-refractivity contribution in [2.45, 2.75) is 18.9 Å². The number of para-hydroxylation sites is 2. The second kappa shape index (κ2) is 9.39. The van der Waals surface area contributed by atoms with Gasteiger partial charge in [0.2, 0.25) is 5.91 Å². The fourth-order valence-electron chi connectivity index (χ4n) is 3.06. The number of nitrogens with zero attached hydrogens (tertiary/aromatic N) is 1. The fourth-order valence-corrected chi connectivity index (χ4v) is 3.25. The lowest BCUT2D eigenvalue weighted by Crippen LogP contribution is -2.47. The molecule has 1 aliphatic rings. The predicted molar refractivity (Wildman–Crippen MR) is 108 cm³/mol. The van der Waals surface area contributed by atoms with Crippen LogP contribution in [0.25, 0.3) is 0 Å². The molecule has 27 heavy (non-hydrogen) atoms. The normalized spacial score (nSPS) is 15.1. The van der Waals surface area contributed by atoms with Crippen LogP contribution in [-0.4, -0.2) is 42.5 Å². The van der Waals surface area contributed by atoms with Crippen molar-refractivity contribution < 1.29 is 9.59 Å². The van der Waals surface area contributed by atoms with Crippen molar-refractivity contribution in [3.05, 3.63) is 59.6 Å². The lowest BCUT2D eigenvalue weighted by Gasteiger charge is -2.31. The molecule has 0 aliphatic carbocycles. The van der Waals surface area contributed by atoms with Gasteiger partial charge in [-0.1, -0.05) is 41.9 Å². The second-order valence-corrected chi connectivity index (χ2v) is 6.95. The van der Waals surface area contributed by atoms with Gasteiger partial charge in [-0.25, -0.2) is 4.79 Å². The van der Waals surface area contributed by atoms with Gasteiger partial charge >= 0.3 is 6.03 Å². The van der Waals surface area contributed by atoms with E-state index >= 15 is 0 Å². The number of hydrogen-bond acceptors (Lipinski definition) is 3. The first-order valence-electron chi connectivity index (χ1n) is 8.99. The number of nitrogens with one attached hydrogen (secondary N) is 3. The van der Waals surface area contributed by atoms with Crippen molar-refractivity contribution in [1.82, 2.24) is 10.2 Å². The molecule has 0 saturated carbocycles. The average molecular weight is 387 g/mol. The fraction of sp³-hybridized carbons (Fsp3) is 0.300. The minimum absolute atomic E-state index is 0.0867. The molecule has 0 unspecified atom stereocenters. The third kappa shape index (κ3) is 5.98. The van der Waals surface area contributed by atoms with Crippen LogP contribution in [0.4, 0.5) is 16.2 Å². The molecule has 0 bridgehead atoms. The number of rotatable bonds is 5. The van der Waals surface area contributed by atoms with Gasteiger partial charge in [-0.3, -0.25) is 9.69 Å². The Morgan fingerprint density at radius 3 is 2.33 bits per heavy atom. The molecule has 6 nitrogen and oxygen atoms in total. The number of benzene rings is 2. The summed E-state index contributed by atoms with van der Waals surface area (Å²) >= 11 is 6.06. The summed E-state index contributed by atoms with van der Waals surface area (Å²) < 4.78 is 0. The van der Waals surface area contributed by atoms with Crippen molar-refractivity contribution in [1.29, 1.82) is 0 Å². The molecule has 0 radical (unpaired) electrons. The number of piperidine rings is 1. The Morgan fingerprint density at radius 1 is 0.963 bits per heavy atom. The van der Waals surface area contributed by atoms with Crippen LogP contribution in [0.2, 0.25) is 5.02 Å². The first kappa shape index (κ1) is 19.2. The summed E-state index contributed by atoms with van der Waals surface area (Å²) in [6.45, 7) is 1.83.